The van der Waals surface area contributed by atoms with Gasteiger partial charge in [0.15, 0.2) is 17.3 Å². The van der Waals surface area contributed by atoms with Crippen LogP contribution in [0.25, 0.3) is 0 Å². The summed E-state index contributed by atoms with van der Waals surface area (Å²) in [6.45, 7) is 5.97. The summed E-state index contributed by atoms with van der Waals surface area (Å²) in [6, 6.07) is 3.45. The molecule has 106 valence electrons. The van der Waals surface area contributed by atoms with Gasteiger partial charge in [-0.05, 0) is 18.1 Å². The first-order chi connectivity index (χ1) is 8.97. The van der Waals surface area contributed by atoms with Gasteiger partial charge in [0.05, 0.1) is 26.9 Å². The maximum atomic E-state index is 12.5. The monoisotopic (exact) mass is 266 g/mol. The molecule has 0 aromatic heterocycles. The van der Waals surface area contributed by atoms with E-state index in [0.29, 0.717) is 22.8 Å². The van der Waals surface area contributed by atoms with Crippen LogP contribution in [0.1, 0.15) is 31.1 Å². The number of methoxy groups -OCH3 is 3. The topological polar surface area (TPSA) is 44.8 Å². The molecule has 0 radical (unpaired) electrons. The maximum absolute atomic E-state index is 12.5. The van der Waals surface area contributed by atoms with Gasteiger partial charge >= 0.3 is 0 Å². The summed E-state index contributed by atoms with van der Waals surface area (Å²) in [5, 5.41) is 0. The Labute approximate surface area is 114 Å². The fraction of sp³-hybridized carbons (Fsp3) is 0.533. The lowest BCUT2D eigenvalue weighted by molar-refractivity contribution is 0.0896. The van der Waals surface area contributed by atoms with Crippen molar-refractivity contribution in [2.24, 2.45) is 11.8 Å². The van der Waals surface area contributed by atoms with Gasteiger partial charge in [-0.3, -0.25) is 4.79 Å². The molecule has 1 unspecified atom stereocenters. The van der Waals surface area contributed by atoms with Crippen molar-refractivity contribution in [3.05, 3.63) is 17.7 Å². The van der Waals surface area contributed by atoms with Gasteiger partial charge in [0, 0.05) is 5.92 Å². The van der Waals surface area contributed by atoms with Crippen LogP contribution in [0.4, 0.5) is 0 Å². The van der Waals surface area contributed by atoms with E-state index in [4.69, 9.17) is 14.2 Å². The largest absolute Gasteiger partial charge is 0.493 e. The van der Waals surface area contributed by atoms with Crippen LogP contribution < -0.4 is 14.2 Å². The summed E-state index contributed by atoms with van der Waals surface area (Å²) in [7, 11) is 4.60. The van der Waals surface area contributed by atoms with Crippen LogP contribution in [0, 0.1) is 11.8 Å². The zero-order chi connectivity index (χ0) is 14.6. The highest BCUT2D eigenvalue weighted by atomic mass is 16.5. The summed E-state index contributed by atoms with van der Waals surface area (Å²) in [5.74, 6) is 1.67. The van der Waals surface area contributed by atoms with E-state index in [9.17, 15) is 4.79 Å². The standard InChI is InChI=1S/C15H22O4/c1-9(2)10(3)13(16)11-7-8-12(17-4)15(19-6)14(11)18-5/h7-10H,1-6H3. The number of hydrogen-bond donors (Lipinski definition) is 0. The van der Waals surface area contributed by atoms with Gasteiger partial charge in [-0.2, -0.15) is 0 Å². The molecule has 0 aliphatic carbocycles. The highest BCUT2D eigenvalue weighted by Gasteiger charge is 2.25. The quantitative estimate of drug-likeness (QED) is 0.742. The van der Waals surface area contributed by atoms with Crippen molar-refractivity contribution in [2.75, 3.05) is 21.3 Å². The van der Waals surface area contributed by atoms with Crippen molar-refractivity contribution in [2.45, 2.75) is 20.8 Å². The first-order valence-corrected chi connectivity index (χ1v) is 6.31. The third-order valence-corrected chi connectivity index (χ3v) is 3.38. The lowest BCUT2D eigenvalue weighted by Crippen LogP contribution is -2.18. The van der Waals surface area contributed by atoms with Crippen LogP contribution in [0.3, 0.4) is 0 Å². The molecular formula is C15H22O4. The second kappa shape index (κ2) is 6.45. The Morgan fingerprint density at radius 1 is 0.947 bits per heavy atom. The normalized spacial score (nSPS) is 12.2. The minimum Gasteiger partial charge on any atom is -0.493 e. The summed E-state index contributed by atoms with van der Waals surface area (Å²) >= 11 is 0. The molecule has 0 heterocycles. The Morgan fingerprint density at radius 3 is 1.95 bits per heavy atom. The fourth-order valence-electron chi connectivity index (χ4n) is 1.84. The molecule has 0 aliphatic heterocycles. The van der Waals surface area contributed by atoms with Crippen molar-refractivity contribution in [3.8, 4) is 17.2 Å². The highest BCUT2D eigenvalue weighted by molar-refractivity contribution is 6.01. The Hall–Kier alpha value is -1.71. The van der Waals surface area contributed by atoms with Crippen molar-refractivity contribution < 1.29 is 19.0 Å². The number of rotatable bonds is 6. The number of ketones is 1. The molecule has 1 aromatic carbocycles. The first-order valence-electron chi connectivity index (χ1n) is 6.31. The average Bonchev–Trinajstić information content (AvgIpc) is 2.43. The van der Waals surface area contributed by atoms with Crippen LogP contribution in [0.15, 0.2) is 12.1 Å². The zero-order valence-corrected chi connectivity index (χ0v) is 12.4. The summed E-state index contributed by atoms with van der Waals surface area (Å²) in [5.41, 5.74) is 0.529. The Morgan fingerprint density at radius 2 is 1.53 bits per heavy atom. The molecular weight excluding hydrogens is 244 g/mol. The van der Waals surface area contributed by atoms with Crippen molar-refractivity contribution in [1.29, 1.82) is 0 Å². The summed E-state index contributed by atoms with van der Waals surface area (Å²) in [6.07, 6.45) is 0. The second-order valence-electron chi connectivity index (χ2n) is 4.78. The van der Waals surface area contributed by atoms with E-state index in [1.54, 1.807) is 19.2 Å². The molecule has 0 saturated carbocycles. The molecule has 0 amide bonds. The Kier molecular flexibility index (Phi) is 5.21. The maximum Gasteiger partial charge on any atom is 0.204 e. The molecule has 0 spiro atoms. The van der Waals surface area contributed by atoms with Crippen molar-refractivity contribution in [3.63, 3.8) is 0 Å². The highest BCUT2D eigenvalue weighted by Crippen LogP contribution is 2.40. The van der Waals surface area contributed by atoms with Crippen LogP contribution in [-0.4, -0.2) is 27.1 Å². The SMILES string of the molecule is COc1ccc(C(=O)C(C)C(C)C)c(OC)c1OC. The Balaban J connectivity index is 3.33. The predicted molar refractivity (Wildman–Crippen MR) is 74.4 cm³/mol. The van der Waals surface area contributed by atoms with E-state index in [1.165, 1.54) is 14.2 Å². The molecule has 0 N–H and O–H groups in total. The first kappa shape index (κ1) is 15.3. The molecule has 4 heteroatoms. The van der Waals surface area contributed by atoms with E-state index >= 15 is 0 Å². The number of hydrogen-bond acceptors (Lipinski definition) is 4. The molecule has 1 aromatic rings. The number of Topliss-reactive ketones (excluding diaryl/α,β-unsaturated/α-hetero) is 1. The van der Waals surface area contributed by atoms with Gasteiger partial charge in [0.1, 0.15) is 0 Å². The number of benzene rings is 1. The third kappa shape index (κ3) is 3.00. The van der Waals surface area contributed by atoms with E-state index in [-0.39, 0.29) is 17.6 Å². The molecule has 0 saturated heterocycles. The van der Waals surface area contributed by atoms with Crippen molar-refractivity contribution in [1.82, 2.24) is 0 Å². The van der Waals surface area contributed by atoms with E-state index in [0.717, 1.165) is 0 Å². The predicted octanol–water partition coefficient (Wildman–Crippen LogP) is 3.19. The van der Waals surface area contributed by atoms with Gasteiger partial charge in [-0.25, -0.2) is 0 Å². The van der Waals surface area contributed by atoms with Crippen LogP contribution >= 0.6 is 0 Å². The summed E-state index contributed by atoms with van der Waals surface area (Å²) in [4.78, 5) is 12.5. The van der Waals surface area contributed by atoms with E-state index in [1.807, 2.05) is 20.8 Å². The van der Waals surface area contributed by atoms with Gasteiger partial charge in [0.25, 0.3) is 0 Å². The molecule has 19 heavy (non-hydrogen) atoms. The van der Waals surface area contributed by atoms with Gasteiger partial charge < -0.3 is 14.2 Å². The van der Waals surface area contributed by atoms with Crippen molar-refractivity contribution >= 4 is 5.78 Å². The molecule has 0 aliphatic rings. The smallest absolute Gasteiger partial charge is 0.204 e. The van der Waals surface area contributed by atoms with Gasteiger partial charge in [0.2, 0.25) is 5.75 Å². The van der Waals surface area contributed by atoms with Crippen LogP contribution in [0.2, 0.25) is 0 Å². The average molecular weight is 266 g/mol. The minimum absolute atomic E-state index is 0.0489. The molecule has 0 bridgehead atoms. The zero-order valence-electron chi connectivity index (χ0n) is 12.4. The molecule has 0 fully saturated rings. The second-order valence-corrected chi connectivity index (χ2v) is 4.78. The van der Waals surface area contributed by atoms with Gasteiger partial charge in [-0.15, -0.1) is 0 Å². The van der Waals surface area contributed by atoms with Gasteiger partial charge in [-0.1, -0.05) is 20.8 Å². The molecule has 4 nitrogen and oxygen atoms in total. The number of ether oxygens (including phenoxy) is 3. The lowest BCUT2D eigenvalue weighted by Gasteiger charge is -2.19. The molecule has 1 rings (SSSR count). The Bertz CT molecular complexity index is 452. The van der Waals surface area contributed by atoms with E-state index in [2.05, 4.69) is 0 Å². The fourth-order valence-corrected chi connectivity index (χ4v) is 1.84. The van der Waals surface area contributed by atoms with Crippen LogP contribution in [-0.2, 0) is 0 Å². The van der Waals surface area contributed by atoms with Crippen LogP contribution in [0.5, 0.6) is 17.2 Å². The minimum atomic E-state index is -0.0769. The molecule has 1 atom stereocenters. The van der Waals surface area contributed by atoms with E-state index < -0.39 is 0 Å². The lowest BCUT2D eigenvalue weighted by atomic mass is 9.89. The third-order valence-electron chi connectivity index (χ3n) is 3.38. The number of carbonyl (C=O) groups excluding carboxylic acids is 1. The summed E-state index contributed by atoms with van der Waals surface area (Å²) < 4.78 is 15.8. The number of carbonyl (C=O) groups is 1.